The molecule has 0 N–H and O–H groups in total. The number of imidazole rings is 2. The summed E-state index contributed by atoms with van der Waals surface area (Å²) >= 11 is 0. The molecule has 7 aromatic rings. The second-order valence-corrected chi connectivity index (χ2v) is 9.41. The molecule has 1 aliphatic rings. The van der Waals surface area contributed by atoms with Crippen molar-refractivity contribution in [3.05, 3.63) is 109 Å². The van der Waals surface area contributed by atoms with E-state index in [4.69, 9.17) is 9.97 Å². The summed E-state index contributed by atoms with van der Waals surface area (Å²) in [6, 6.07) is 32.1. The molecule has 0 spiro atoms. The Labute approximate surface area is 207 Å². The Kier molecular flexibility index (Phi) is 4.03. The molecule has 0 amide bonds. The van der Waals surface area contributed by atoms with E-state index in [1.54, 1.807) is 0 Å². The molecule has 36 heavy (non-hydrogen) atoms. The van der Waals surface area contributed by atoms with Gasteiger partial charge in [-0.2, -0.15) is 0 Å². The van der Waals surface area contributed by atoms with E-state index in [-0.39, 0.29) is 0 Å². The third-order valence-corrected chi connectivity index (χ3v) is 7.31. The molecule has 0 saturated heterocycles. The van der Waals surface area contributed by atoms with E-state index in [1.807, 2.05) is 0 Å². The van der Waals surface area contributed by atoms with Crippen molar-refractivity contribution in [2.24, 2.45) is 0 Å². The molecule has 0 bridgehead atoms. The highest BCUT2D eigenvalue weighted by Crippen LogP contribution is 2.35. The van der Waals surface area contributed by atoms with Gasteiger partial charge in [0.25, 0.3) is 0 Å². The van der Waals surface area contributed by atoms with Gasteiger partial charge in [-0.25, -0.2) is 9.97 Å². The number of rotatable bonds is 2. The molecule has 3 aromatic heterocycles. The molecule has 4 heteroatoms. The molecule has 8 rings (SSSR count). The molecule has 0 radical (unpaired) electrons. The maximum absolute atomic E-state index is 5.17. The minimum atomic E-state index is 0.947. The average Bonchev–Trinajstić information content (AvgIpc) is 3.53. The number of aromatic nitrogens is 4. The smallest absolute Gasteiger partial charge is 0.146 e. The number of fused-ring (bicyclic) bond motifs is 9. The fraction of sp³-hybridized carbons (Fsp3) is 0.0625. The van der Waals surface area contributed by atoms with Crippen LogP contribution in [0.15, 0.2) is 109 Å². The van der Waals surface area contributed by atoms with E-state index in [1.165, 1.54) is 27.4 Å². The molecular weight excluding hydrogens is 440 g/mol. The summed E-state index contributed by atoms with van der Waals surface area (Å²) in [5, 5.41) is 3.63. The van der Waals surface area contributed by atoms with Crippen LogP contribution in [0.3, 0.4) is 0 Å². The van der Waals surface area contributed by atoms with Gasteiger partial charge in [0.2, 0.25) is 0 Å². The molecule has 0 aliphatic heterocycles. The van der Waals surface area contributed by atoms with Gasteiger partial charge >= 0.3 is 0 Å². The lowest BCUT2D eigenvalue weighted by atomic mass is 10.1. The second-order valence-electron chi connectivity index (χ2n) is 9.41. The molecule has 0 unspecified atom stereocenters. The summed E-state index contributed by atoms with van der Waals surface area (Å²) in [6.07, 6.45) is 8.89. The summed E-state index contributed by atoms with van der Waals surface area (Å²) in [5.74, 6) is 0.947. The summed E-state index contributed by atoms with van der Waals surface area (Å²) in [5.41, 5.74) is 8.61. The number of hydrogen-bond acceptors (Lipinski definition) is 2. The van der Waals surface area contributed by atoms with Crippen molar-refractivity contribution < 1.29 is 0 Å². The van der Waals surface area contributed by atoms with Crippen molar-refractivity contribution in [3.8, 4) is 11.4 Å². The number of pyridine rings is 1. The van der Waals surface area contributed by atoms with Gasteiger partial charge in [-0.1, -0.05) is 66.7 Å². The Morgan fingerprint density at radius 1 is 0.611 bits per heavy atom. The zero-order chi connectivity index (χ0) is 23.6. The molecule has 3 heterocycles. The van der Waals surface area contributed by atoms with Crippen LogP contribution in [0.1, 0.15) is 12.8 Å². The van der Waals surface area contributed by atoms with Gasteiger partial charge in [0.1, 0.15) is 11.5 Å². The Morgan fingerprint density at radius 2 is 1.39 bits per heavy atom. The molecule has 0 atom stereocenters. The van der Waals surface area contributed by atoms with E-state index < -0.39 is 0 Å². The topological polar surface area (TPSA) is 35.1 Å². The van der Waals surface area contributed by atoms with Crippen LogP contribution in [0.25, 0.3) is 66.5 Å². The quantitative estimate of drug-likeness (QED) is 0.244. The first-order chi connectivity index (χ1) is 17.9. The molecular formula is C32H22N4. The molecule has 170 valence electrons. The number of allylic oxidation sites excluding steroid dienone is 4. The monoisotopic (exact) mass is 462 g/mol. The van der Waals surface area contributed by atoms with Gasteiger partial charge in [0.15, 0.2) is 0 Å². The summed E-state index contributed by atoms with van der Waals surface area (Å²) in [4.78, 5) is 10.2. The number of para-hydroxylation sites is 3. The molecule has 0 saturated carbocycles. The molecule has 4 nitrogen and oxygen atoms in total. The van der Waals surface area contributed by atoms with Gasteiger partial charge < -0.3 is 0 Å². The van der Waals surface area contributed by atoms with Gasteiger partial charge in [0, 0.05) is 22.0 Å². The van der Waals surface area contributed by atoms with E-state index >= 15 is 0 Å². The molecule has 4 aromatic carbocycles. The Bertz CT molecular complexity index is 2050. The highest BCUT2D eigenvalue weighted by Gasteiger charge is 2.18. The van der Waals surface area contributed by atoms with Crippen LogP contribution < -0.4 is 0 Å². The van der Waals surface area contributed by atoms with Crippen LogP contribution in [-0.4, -0.2) is 18.9 Å². The standard InChI is InChI=1S/C32H22N4/c1-2-10-22(11-3-1)35-29-17-9-7-15-26(29)33-31(35)21-18-19-30-27(20-21)34-32-25-14-5-4-12-23(25)24-13-6-8-16-28(24)36(30)32/h2,4-20H,1,3H2. The minimum absolute atomic E-state index is 0.947. The molecule has 0 fully saturated rings. The lowest BCUT2D eigenvalue weighted by Gasteiger charge is -2.13. The SMILES string of the molecule is C1=CC(n2c(-c3ccc4c(c3)nc3c5ccccc5c5ccccc5n43)nc3ccccc32)=CCC1. The summed E-state index contributed by atoms with van der Waals surface area (Å²) < 4.78 is 4.58. The first kappa shape index (κ1) is 19.6. The second kappa shape index (κ2) is 7.40. The van der Waals surface area contributed by atoms with E-state index in [0.717, 1.165) is 51.9 Å². The van der Waals surface area contributed by atoms with Crippen molar-refractivity contribution in [1.29, 1.82) is 0 Å². The van der Waals surface area contributed by atoms with Crippen LogP contribution in [0.4, 0.5) is 0 Å². The lowest BCUT2D eigenvalue weighted by molar-refractivity contribution is 1.01. The van der Waals surface area contributed by atoms with Crippen molar-refractivity contribution >= 4 is 55.1 Å². The summed E-state index contributed by atoms with van der Waals surface area (Å²) in [7, 11) is 0. The van der Waals surface area contributed by atoms with Gasteiger partial charge in [-0.15, -0.1) is 0 Å². The Balaban J connectivity index is 1.44. The largest absolute Gasteiger partial charge is 0.293 e. The predicted molar refractivity (Wildman–Crippen MR) is 149 cm³/mol. The van der Waals surface area contributed by atoms with Crippen molar-refractivity contribution in [2.75, 3.05) is 0 Å². The predicted octanol–water partition coefficient (Wildman–Crippen LogP) is 8.00. The van der Waals surface area contributed by atoms with Gasteiger partial charge in [-0.05, 0) is 60.7 Å². The first-order valence-corrected chi connectivity index (χ1v) is 12.4. The number of hydrogen-bond donors (Lipinski definition) is 0. The van der Waals surface area contributed by atoms with Crippen molar-refractivity contribution in [3.63, 3.8) is 0 Å². The Hall–Kier alpha value is -4.70. The van der Waals surface area contributed by atoms with Crippen molar-refractivity contribution in [1.82, 2.24) is 18.9 Å². The maximum atomic E-state index is 5.17. The fourth-order valence-electron chi connectivity index (χ4n) is 5.70. The van der Waals surface area contributed by atoms with Crippen molar-refractivity contribution in [2.45, 2.75) is 12.8 Å². The van der Waals surface area contributed by atoms with Gasteiger partial charge in [-0.3, -0.25) is 8.97 Å². The highest BCUT2D eigenvalue weighted by molar-refractivity contribution is 6.13. The zero-order valence-electron chi connectivity index (χ0n) is 19.6. The Morgan fingerprint density at radius 3 is 2.25 bits per heavy atom. The fourth-order valence-corrected chi connectivity index (χ4v) is 5.70. The minimum Gasteiger partial charge on any atom is -0.293 e. The highest BCUT2D eigenvalue weighted by atomic mass is 15.1. The van der Waals surface area contributed by atoms with Crippen LogP contribution in [0, 0.1) is 0 Å². The van der Waals surface area contributed by atoms with Crippen LogP contribution >= 0.6 is 0 Å². The number of benzene rings is 4. The van der Waals surface area contributed by atoms with Crippen LogP contribution in [0.2, 0.25) is 0 Å². The van der Waals surface area contributed by atoms with Gasteiger partial charge in [0.05, 0.1) is 27.6 Å². The average molecular weight is 463 g/mol. The maximum Gasteiger partial charge on any atom is 0.146 e. The van der Waals surface area contributed by atoms with E-state index in [2.05, 4.69) is 118 Å². The normalized spacial score (nSPS) is 13.9. The molecule has 1 aliphatic carbocycles. The van der Waals surface area contributed by atoms with E-state index in [9.17, 15) is 0 Å². The van der Waals surface area contributed by atoms with Crippen LogP contribution in [-0.2, 0) is 0 Å². The van der Waals surface area contributed by atoms with E-state index in [0.29, 0.717) is 0 Å². The lowest BCUT2D eigenvalue weighted by Crippen LogP contribution is -2.00. The third-order valence-electron chi connectivity index (χ3n) is 7.31. The first-order valence-electron chi connectivity index (χ1n) is 12.4. The summed E-state index contributed by atoms with van der Waals surface area (Å²) in [6.45, 7) is 0. The zero-order valence-corrected chi connectivity index (χ0v) is 19.6. The number of nitrogens with zero attached hydrogens (tertiary/aromatic N) is 4. The third kappa shape index (κ3) is 2.70. The van der Waals surface area contributed by atoms with Crippen LogP contribution in [0.5, 0.6) is 0 Å².